The molecule has 0 aliphatic rings. The zero-order valence-corrected chi connectivity index (χ0v) is 10.3. The number of nitrogens with one attached hydrogen (secondary N) is 1. The minimum absolute atomic E-state index is 0.175. The Morgan fingerprint density at radius 2 is 2.17 bits per heavy atom. The highest BCUT2D eigenvalue weighted by Crippen LogP contribution is 2.09. The molecule has 1 aromatic rings. The van der Waals surface area contributed by atoms with E-state index in [1.54, 1.807) is 12.1 Å². The van der Waals surface area contributed by atoms with Crippen LogP contribution in [0.2, 0.25) is 0 Å². The summed E-state index contributed by atoms with van der Waals surface area (Å²) in [6.45, 7) is 0. The highest BCUT2D eigenvalue weighted by atomic mass is 16.5. The molecule has 3 N–H and O–H groups in total. The van der Waals surface area contributed by atoms with Gasteiger partial charge in [0.05, 0.1) is 19.7 Å². The van der Waals surface area contributed by atoms with Gasteiger partial charge in [-0.05, 0) is 24.1 Å². The number of nitrogen functional groups attached to an aromatic ring is 1. The van der Waals surface area contributed by atoms with E-state index in [2.05, 4.69) is 9.96 Å². The first-order valence-corrected chi connectivity index (χ1v) is 5.60. The highest BCUT2D eigenvalue weighted by molar-refractivity contribution is 6.64. The van der Waals surface area contributed by atoms with Gasteiger partial charge >= 0.3 is 5.97 Å². The van der Waals surface area contributed by atoms with E-state index >= 15 is 0 Å². The van der Waals surface area contributed by atoms with Gasteiger partial charge < -0.3 is 20.5 Å². The number of hydrogen-bond acceptors (Lipinski definition) is 5. The number of methoxy groups -OCH3 is 1. The first-order chi connectivity index (χ1) is 8.65. The average molecular weight is 247 g/mol. The molecule has 0 saturated carbocycles. The van der Waals surface area contributed by atoms with Gasteiger partial charge in [0.25, 0.3) is 7.41 Å². The van der Waals surface area contributed by atoms with Crippen molar-refractivity contribution in [3.8, 4) is 0 Å². The predicted octanol–water partition coefficient (Wildman–Crippen LogP) is 0.142. The quantitative estimate of drug-likeness (QED) is 0.310. The molecule has 0 spiro atoms. The van der Waals surface area contributed by atoms with Crippen LogP contribution >= 0.6 is 0 Å². The Morgan fingerprint density at radius 3 is 2.72 bits per heavy atom. The number of esters is 1. The van der Waals surface area contributed by atoms with Crippen molar-refractivity contribution >= 4 is 25.3 Å². The Bertz CT molecular complexity index is 395. The van der Waals surface area contributed by atoms with E-state index in [0.29, 0.717) is 18.3 Å². The monoisotopic (exact) mass is 247 g/mol. The molecule has 6 heteroatoms. The Kier molecular flexibility index (Phi) is 5.94. The van der Waals surface area contributed by atoms with Crippen molar-refractivity contribution in [2.75, 3.05) is 12.8 Å². The van der Waals surface area contributed by atoms with Gasteiger partial charge in [-0.1, -0.05) is 12.1 Å². The van der Waals surface area contributed by atoms with Gasteiger partial charge in [-0.25, -0.2) is 0 Å². The van der Waals surface area contributed by atoms with E-state index in [4.69, 9.17) is 5.73 Å². The van der Waals surface area contributed by atoms with Gasteiger partial charge in [0.15, 0.2) is 0 Å². The second kappa shape index (κ2) is 7.50. The van der Waals surface area contributed by atoms with E-state index < -0.39 is 0 Å². The Morgan fingerprint density at radius 1 is 1.50 bits per heavy atom. The first kappa shape index (κ1) is 14.2. The number of carbonyl (C=O) groups is 2. The van der Waals surface area contributed by atoms with Crippen molar-refractivity contribution in [2.24, 2.45) is 0 Å². The lowest BCUT2D eigenvalue weighted by Crippen LogP contribution is -2.37. The van der Waals surface area contributed by atoms with Crippen LogP contribution in [0.1, 0.15) is 12.0 Å². The van der Waals surface area contributed by atoms with Gasteiger partial charge in [0.2, 0.25) is 0 Å². The molecule has 0 fully saturated rings. The van der Waals surface area contributed by atoms with Crippen molar-refractivity contribution < 1.29 is 14.3 Å². The van der Waals surface area contributed by atoms with E-state index in [1.807, 2.05) is 12.1 Å². The van der Waals surface area contributed by atoms with Crippen LogP contribution in [-0.4, -0.2) is 32.7 Å². The molecule has 0 heterocycles. The summed E-state index contributed by atoms with van der Waals surface area (Å²) < 4.78 is 4.62. The largest absolute Gasteiger partial charge is 0.469 e. The summed E-state index contributed by atoms with van der Waals surface area (Å²) in [6, 6.07) is 7.21. The molecule has 0 aromatic heterocycles. The maximum Gasteiger partial charge on any atom is 0.307 e. The Hall–Kier alpha value is -1.82. The van der Waals surface area contributed by atoms with Gasteiger partial charge in [0.1, 0.15) is 0 Å². The molecule has 5 nitrogen and oxygen atoms in total. The van der Waals surface area contributed by atoms with Gasteiger partial charge in [-0.15, -0.1) is 0 Å². The summed E-state index contributed by atoms with van der Waals surface area (Å²) >= 11 is 0. The van der Waals surface area contributed by atoms with E-state index in [0.717, 1.165) is 5.56 Å². The smallest absolute Gasteiger partial charge is 0.307 e. The molecule has 0 unspecified atom stereocenters. The lowest BCUT2D eigenvalue weighted by Gasteiger charge is -2.16. The normalized spacial score (nSPS) is 11.6. The molecule has 1 rings (SSSR count). The molecule has 0 amide bonds. The second-order valence-electron chi connectivity index (χ2n) is 3.89. The van der Waals surface area contributed by atoms with Crippen molar-refractivity contribution in [2.45, 2.75) is 18.9 Å². The molecule has 0 saturated heterocycles. The summed E-state index contributed by atoms with van der Waals surface area (Å²) in [6.07, 6.45) is 1.46. The zero-order chi connectivity index (χ0) is 13.4. The third-order valence-electron chi connectivity index (χ3n) is 2.50. The molecule has 0 bridgehead atoms. The van der Waals surface area contributed by atoms with Crippen LogP contribution in [0.3, 0.4) is 0 Å². The van der Waals surface area contributed by atoms with Gasteiger partial charge in [-0.2, -0.15) is 0 Å². The Balaban J connectivity index is 2.61. The number of nitrogens with two attached hydrogens (primary N) is 1. The fourth-order valence-electron chi connectivity index (χ4n) is 1.59. The summed E-state index contributed by atoms with van der Waals surface area (Å²) in [7, 11) is 2.62. The van der Waals surface area contributed by atoms with Crippen LogP contribution in [-0.2, 0) is 20.7 Å². The van der Waals surface area contributed by atoms with E-state index in [-0.39, 0.29) is 18.4 Å². The van der Waals surface area contributed by atoms with Crippen LogP contribution in [0.15, 0.2) is 24.3 Å². The van der Waals surface area contributed by atoms with E-state index in [9.17, 15) is 9.59 Å². The molecule has 95 valence electrons. The molecule has 0 aliphatic carbocycles. The van der Waals surface area contributed by atoms with Gasteiger partial charge in [0, 0.05) is 11.7 Å². The molecule has 1 radical (unpaired) electrons. The second-order valence-corrected chi connectivity index (χ2v) is 3.89. The van der Waals surface area contributed by atoms with Crippen LogP contribution in [0.25, 0.3) is 0 Å². The SMILES string of the molecule is COC(=O)C[C@H](Cc1ccc(N)cc1)N[B]C=O. The minimum Gasteiger partial charge on any atom is -0.469 e. The number of rotatable bonds is 7. The van der Waals surface area contributed by atoms with Crippen molar-refractivity contribution in [3.05, 3.63) is 29.8 Å². The summed E-state index contributed by atoms with van der Waals surface area (Å²) in [5.74, 6) is -0.317. The third kappa shape index (κ3) is 5.01. The maximum absolute atomic E-state index is 11.2. The topological polar surface area (TPSA) is 81.4 Å². The molecular weight excluding hydrogens is 231 g/mol. The molecule has 0 aliphatic heterocycles. The summed E-state index contributed by atoms with van der Waals surface area (Å²) in [5.41, 5.74) is 7.32. The van der Waals surface area contributed by atoms with Crippen molar-refractivity contribution in [1.82, 2.24) is 5.23 Å². The number of ether oxygens (including phenoxy) is 1. The van der Waals surface area contributed by atoms with E-state index in [1.165, 1.54) is 14.5 Å². The fraction of sp³-hybridized carbons (Fsp3) is 0.333. The third-order valence-corrected chi connectivity index (χ3v) is 2.50. The summed E-state index contributed by atoms with van der Waals surface area (Å²) in [4.78, 5) is 21.6. The maximum atomic E-state index is 11.2. The lowest BCUT2D eigenvalue weighted by atomic mass is 9.92. The van der Waals surface area contributed by atoms with Crippen LogP contribution < -0.4 is 11.0 Å². The van der Waals surface area contributed by atoms with Crippen molar-refractivity contribution in [1.29, 1.82) is 0 Å². The van der Waals surface area contributed by atoms with Crippen molar-refractivity contribution in [3.63, 3.8) is 0 Å². The number of carbonyl (C=O) groups excluding carboxylic acids is 2. The standard InChI is InChI=1S/C12H16BN2O3/c1-18-12(17)7-11(15-13-8-16)6-9-2-4-10(14)5-3-9/h2-5,8,11,15H,6-7,14H2,1H3/t11-/m0/s1. The minimum atomic E-state index is -0.317. The van der Waals surface area contributed by atoms with Crippen LogP contribution in [0, 0.1) is 0 Å². The fourth-order valence-corrected chi connectivity index (χ4v) is 1.59. The number of benzene rings is 1. The Labute approximate surface area is 107 Å². The van der Waals surface area contributed by atoms with Crippen LogP contribution in [0.5, 0.6) is 0 Å². The lowest BCUT2D eigenvalue weighted by molar-refractivity contribution is -0.141. The first-order valence-electron chi connectivity index (χ1n) is 5.60. The predicted molar refractivity (Wildman–Crippen MR) is 70.6 cm³/mol. The number of anilines is 1. The molecule has 1 atom stereocenters. The molecular formula is C12H16BN2O3. The molecule has 18 heavy (non-hydrogen) atoms. The molecule has 1 aromatic carbocycles. The van der Waals surface area contributed by atoms with Crippen LogP contribution in [0.4, 0.5) is 5.69 Å². The highest BCUT2D eigenvalue weighted by Gasteiger charge is 2.14. The zero-order valence-electron chi connectivity index (χ0n) is 10.3. The average Bonchev–Trinajstić information content (AvgIpc) is 2.38. The number of hydrogen-bond donors (Lipinski definition) is 2. The summed E-state index contributed by atoms with van der Waals surface area (Å²) in [5, 5.41) is 2.87. The van der Waals surface area contributed by atoms with Gasteiger partial charge in [-0.3, -0.25) is 4.79 Å².